The van der Waals surface area contributed by atoms with Crippen LogP contribution in [0.25, 0.3) is 0 Å². The molecule has 2 atom stereocenters. The van der Waals surface area contributed by atoms with Gasteiger partial charge in [0.25, 0.3) is 0 Å². The van der Waals surface area contributed by atoms with Crippen LogP contribution in [0, 0.1) is 5.92 Å². The Hall–Kier alpha value is -0.120. The van der Waals surface area contributed by atoms with Gasteiger partial charge in [-0.25, -0.2) is 0 Å². The largest absolute Gasteiger partial charge is 0.373 e. The molecule has 0 bridgehead atoms. The SMILES string of the molecule is CC(C)CNCCCCCCN1C[C@@H](C)O[C@@H](C)C1. The normalized spacial score (nSPS) is 25.1. The van der Waals surface area contributed by atoms with Gasteiger partial charge in [-0.3, -0.25) is 4.90 Å². The molecule has 0 aromatic heterocycles. The molecule has 0 radical (unpaired) electrons. The van der Waals surface area contributed by atoms with Crippen LogP contribution in [0.5, 0.6) is 0 Å². The van der Waals surface area contributed by atoms with Gasteiger partial charge in [-0.1, -0.05) is 26.7 Å². The standard InChI is InChI=1S/C16H34N2O/c1-14(2)11-17-9-7-5-6-8-10-18-12-15(3)19-16(4)13-18/h14-17H,5-13H2,1-4H3/t15-,16+. The molecule has 0 spiro atoms. The van der Waals surface area contributed by atoms with E-state index in [1.807, 2.05) is 0 Å². The van der Waals surface area contributed by atoms with E-state index >= 15 is 0 Å². The zero-order chi connectivity index (χ0) is 14.1. The minimum atomic E-state index is 0.406. The van der Waals surface area contributed by atoms with Crippen molar-refractivity contribution in [1.29, 1.82) is 0 Å². The quantitative estimate of drug-likeness (QED) is 0.652. The van der Waals surface area contributed by atoms with Crippen LogP contribution in [0.3, 0.4) is 0 Å². The van der Waals surface area contributed by atoms with Crippen LogP contribution in [0.15, 0.2) is 0 Å². The van der Waals surface area contributed by atoms with Crippen molar-refractivity contribution in [2.24, 2.45) is 5.92 Å². The Morgan fingerprint density at radius 2 is 1.68 bits per heavy atom. The third-order valence-electron chi connectivity index (χ3n) is 3.63. The highest BCUT2D eigenvalue weighted by molar-refractivity contribution is 4.72. The fourth-order valence-corrected chi connectivity index (χ4v) is 2.80. The second-order valence-corrected chi connectivity index (χ2v) is 6.53. The Morgan fingerprint density at radius 3 is 2.32 bits per heavy atom. The minimum absolute atomic E-state index is 0.406. The number of nitrogens with zero attached hydrogens (tertiary/aromatic N) is 1. The van der Waals surface area contributed by atoms with Crippen LogP contribution in [0.1, 0.15) is 53.4 Å². The van der Waals surface area contributed by atoms with Crippen molar-refractivity contribution >= 4 is 0 Å². The number of hydrogen-bond acceptors (Lipinski definition) is 3. The summed E-state index contributed by atoms with van der Waals surface area (Å²) in [4.78, 5) is 2.57. The topological polar surface area (TPSA) is 24.5 Å². The summed E-state index contributed by atoms with van der Waals surface area (Å²) >= 11 is 0. The van der Waals surface area contributed by atoms with E-state index < -0.39 is 0 Å². The van der Waals surface area contributed by atoms with E-state index in [4.69, 9.17) is 4.74 Å². The highest BCUT2D eigenvalue weighted by Crippen LogP contribution is 2.11. The van der Waals surface area contributed by atoms with Crippen molar-refractivity contribution in [1.82, 2.24) is 10.2 Å². The Morgan fingerprint density at radius 1 is 1.05 bits per heavy atom. The fourth-order valence-electron chi connectivity index (χ4n) is 2.80. The van der Waals surface area contributed by atoms with E-state index in [1.165, 1.54) is 38.8 Å². The van der Waals surface area contributed by atoms with Gasteiger partial charge in [-0.15, -0.1) is 0 Å². The first-order valence-electron chi connectivity index (χ1n) is 8.16. The summed E-state index contributed by atoms with van der Waals surface area (Å²) < 4.78 is 5.76. The predicted molar refractivity (Wildman–Crippen MR) is 82.6 cm³/mol. The maximum atomic E-state index is 5.76. The number of rotatable bonds is 9. The summed E-state index contributed by atoms with van der Waals surface area (Å²) in [5.74, 6) is 0.769. The lowest BCUT2D eigenvalue weighted by atomic mass is 10.1. The van der Waals surface area contributed by atoms with Gasteiger partial charge < -0.3 is 10.1 Å². The van der Waals surface area contributed by atoms with Gasteiger partial charge in [0.1, 0.15) is 0 Å². The van der Waals surface area contributed by atoms with E-state index in [2.05, 4.69) is 37.9 Å². The van der Waals surface area contributed by atoms with Gasteiger partial charge in [-0.05, 0) is 52.2 Å². The highest BCUT2D eigenvalue weighted by Gasteiger charge is 2.21. The summed E-state index contributed by atoms with van der Waals surface area (Å²) in [6.07, 6.45) is 6.20. The van der Waals surface area contributed by atoms with Gasteiger partial charge in [0.05, 0.1) is 12.2 Å². The highest BCUT2D eigenvalue weighted by atomic mass is 16.5. The lowest BCUT2D eigenvalue weighted by molar-refractivity contribution is -0.0681. The van der Waals surface area contributed by atoms with Crippen LogP contribution < -0.4 is 5.32 Å². The molecular weight excluding hydrogens is 236 g/mol. The van der Waals surface area contributed by atoms with Crippen molar-refractivity contribution in [2.75, 3.05) is 32.7 Å². The molecule has 1 rings (SSSR count). The van der Waals surface area contributed by atoms with Gasteiger partial charge in [0.15, 0.2) is 0 Å². The Labute approximate surface area is 120 Å². The third-order valence-corrected chi connectivity index (χ3v) is 3.63. The maximum Gasteiger partial charge on any atom is 0.0678 e. The molecule has 0 amide bonds. The van der Waals surface area contributed by atoms with Gasteiger partial charge >= 0.3 is 0 Å². The zero-order valence-corrected chi connectivity index (χ0v) is 13.5. The summed E-state index contributed by atoms with van der Waals surface area (Å²) in [7, 11) is 0. The van der Waals surface area contributed by atoms with E-state index in [0.29, 0.717) is 12.2 Å². The Bertz CT molecular complexity index is 211. The maximum absolute atomic E-state index is 5.76. The predicted octanol–water partition coefficient (Wildman–Crippen LogP) is 2.90. The van der Waals surface area contributed by atoms with Crippen LogP contribution in [-0.4, -0.2) is 49.8 Å². The van der Waals surface area contributed by atoms with Crippen molar-refractivity contribution in [2.45, 2.75) is 65.6 Å². The molecule has 1 fully saturated rings. The number of hydrogen-bond donors (Lipinski definition) is 1. The van der Waals surface area contributed by atoms with Crippen LogP contribution in [-0.2, 0) is 4.74 Å². The lowest BCUT2D eigenvalue weighted by Crippen LogP contribution is -2.45. The average molecular weight is 270 g/mol. The summed E-state index contributed by atoms with van der Waals surface area (Å²) in [5, 5.41) is 3.51. The second-order valence-electron chi connectivity index (χ2n) is 6.53. The van der Waals surface area contributed by atoms with Crippen molar-refractivity contribution < 1.29 is 4.74 Å². The number of unbranched alkanes of at least 4 members (excludes halogenated alkanes) is 3. The van der Waals surface area contributed by atoms with Crippen LogP contribution in [0.2, 0.25) is 0 Å². The first-order chi connectivity index (χ1) is 9.08. The molecule has 1 aliphatic heterocycles. The third kappa shape index (κ3) is 8.61. The summed E-state index contributed by atoms with van der Waals surface area (Å²) in [5.41, 5.74) is 0. The first-order valence-corrected chi connectivity index (χ1v) is 8.16. The minimum Gasteiger partial charge on any atom is -0.373 e. The molecule has 0 aromatic carbocycles. The van der Waals surface area contributed by atoms with E-state index in [9.17, 15) is 0 Å². The number of nitrogens with one attached hydrogen (secondary N) is 1. The van der Waals surface area contributed by atoms with E-state index in [1.54, 1.807) is 0 Å². The van der Waals surface area contributed by atoms with E-state index in [-0.39, 0.29) is 0 Å². The monoisotopic (exact) mass is 270 g/mol. The summed E-state index contributed by atoms with van der Waals surface area (Å²) in [6.45, 7) is 14.7. The number of ether oxygens (including phenoxy) is 1. The molecule has 19 heavy (non-hydrogen) atoms. The molecule has 3 heteroatoms. The molecule has 1 heterocycles. The van der Waals surface area contributed by atoms with E-state index in [0.717, 1.165) is 25.6 Å². The zero-order valence-electron chi connectivity index (χ0n) is 13.5. The van der Waals surface area contributed by atoms with Gasteiger partial charge in [0.2, 0.25) is 0 Å². The molecule has 0 saturated carbocycles. The fraction of sp³-hybridized carbons (Fsp3) is 1.00. The molecule has 1 N–H and O–H groups in total. The molecule has 114 valence electrons. The number of morpholine rings is 1. The first kappa shape index (κ1) is 16.9. The van der Waals surface area contributed by atoms with Gasteiger partial charge in [-0.2, -0.15) is 0 Å². The van der Waals surface area contributed by atoms with Crippen LogP contribution in [0.4, 0.5) is 0 Å². The Balaban J connectivity index is 1.90. The molecule has 1 aliphatic rings. The molecule has 1 saturated heterocycles. The molecule has 0 aliphatic carbocycles. The summed E-state index contributed by atoms with van der Waals surface area (Å²) in [6, 6.07) is 0. The smallest absolute Gasteiger partial charge is 0.0678 e. The average Bonchev–Trinajstić information content (AvgIpc) is 2.31. The van der Waals surface area contributed by atoms with Crippen molar-refractivity contribution in [3.8, 4) is 0 Å². The van der Waals surface area contributed by atoms with Gasteiger partial charge in [0, 0.05) is 13.1 Å². The van der Waals surface area contributed by atoms with Crippen LogP contribution >= 0.6 is 0 Å². The molecular formula is C16H34N2O. The molecule has 0 unspecified atom stereocenters. The van der Waals surface area contributed by atoms with Crippen molar-refractivity contribution in [3.05, 3.63) is 0 Å². The molecule has 3 nitrogen and oxygen atoms in total. The lowest BCUT2D eigenvalue weighted by Gasteiger charge is -2.35. The van der Waals surface area contributed by atoms with Crippen molar-refractivity contribution in [3.63, 3.8) is 0 Å². The Kier molecular flexibility index (Phi) is 8.67. The molecule has 0 aromatic rings. The second kappa shape index (κ2) is 9.73.